The predicted molar refractivity (Wildman–Crippen MR) is 353 cm³/mol. The molecule has 484 valence electrons. The van der Waals surface area contributed by atoms with E-state index in [0.29, 0.717) is 17.4 Å². The standard InChI is InChI=1S/C72H139N2O7P/c1-7-10-13-16-19-22-25-28-30-32-33-34-35-36-37-38-39-40-41-43-44-46-49-52-55-58-61-64-71(75)73-69(68-80-82(77,78)79-67-66-74(4,5)6)70(63-60-57-54-51-48-27-24-21-18-15-12-9-3)81-72(76)65-62-59-56-53-50-47-45-42-31-29-26-23-20-17-14-11-8-2/h19,22,28,30,60,63,69-70H,7-18,20-21,23-27,29,31-59,61-62,64-68H2,1-6H3,(H-,73,75,77,78)/b22-19-,30-28-,63-60-. The van der Waals surface area contributed by atoms with E-state index >= 15 is 0 Å². The van der Waals surface area contributed by atoms with Crippen LogP contribution in [0.15, 0.2) is 36.5 Å². The van der Waals surface area contributed by atoms with Crippen LogP contribution >= 0.6 is 7.82 Å². The molecule has 0 radical (unpaired) electrons. The molecule has 0 aliphatic rings. The van der Waals surface area contributed by atoms with E-state index in [9.17, 15) is 19.0 Å². The third kappa shape index (κ3) is 62.8. The zero-order valence-corrected chi connectivity index (χ0v) is 56.4. The van der Waals surface area contributed by atoms with Crippen LogP contribution in [-0.2, 0) is 27.9 Å². The van der Waals surface area contributed by atoms with Crippen molar-refractivity contribution in [2.45, 2.75) is 373 Å². The van der Waals surface area contributed by atoms with Gasteiger partial charge in [0.2, 0.25) is 5.91 Å². The molecule has 0 aromatic rings. The van der Waals surface area contributed by atoms with Crippen LogP contribution in [0, 0.1) is 0 Å². The number of esters is 1. The van der Waals surface area contributed by atoms with Gasteiger partial charge in [-0.15, -0.1) is 0 Å². The van der Waals surface area contributed by atoms with Crippen molar-refractivity contribution >= 4 is 19.7 Å². The third-order valence-corrected chi connectivity index (χ3v) is 17.3. The Labute approximate surface area is 510 Å². The largest absolute Gasteiger partial charge is 0.756 e. The number of amides is 1. The number of phosphoric ester groups is 1. The van der Waals surface area contributed by atoms with Gasteiger partial charge in [-0.2, -0.15) is 0 Å². The van der Waals surface area contributed by atoms with Crippen molar-refractivity contribution in [3.63, 3.8) is 0 Å². The quantitative estimate of drug-likeness (QED) is 0.0212. The van der Waals surface area contributed by atoms with Gasteiger partial charge in [0.05, 0.1) is 33.8 Å². The molecule has 0 aliphatic heterocycles. The summed E-state index contributed by atoms with van der Waals surface area (Å²) in [6, 6.07) is -0.884. The van der Waals surface area contributed by atoms with Crippen LogP contribution in [0.5, 0.6) is 0 Å². The Hall–Kier alpha value is -1.77. The molecule has 3 atom stereocenters. The highest BCUT2D eigenvalue weighted by molar-refractivity contribution is 7.45. The molecule has 10 heteroatoms. The summed E-state index contributed by atoms with van der Waals surface area (Å²) in [4.78, 5) is 40.2. The number of quaternary nitrogens is 1. The molecule has 0 aromatic carbocycles. The number of nitrogens with zero attached hydrogens (tertiary/aromatic N) is 1. The smallest absolute Gasteiger partial charge is 0.306 e. The van der Waals surface area contributed by atoms with E-state index in [2.05, 4.69) is 50.4 Å². The zero-order valence-electron chi connectivity index (χ0n) is 55.5. The van der Waals surface area contributed by atoms with Gasteiger partial charge < -0.3 is 28.5 Å². The summed E-state index contributed by atoms with van der Waals surface area (Å²) in [5.41, 5.74) is 0. The van der Waals surface area contributed by atoms with Gasteiger partial charge in [-0.25, -0.2) is 0 Å². The summed E-state index contributed by atoms with van der Waals surface area (Å²) < 4.78 is 30.4. The lowest BCUT2D eigenvalue weighted by atomic mass is 10.0. The van der Waals surface area contributed by atoms with Crippen LogP contribution in [0.25, 0.3) is 0 Å². The topological polar surface area (TPSA) is 114 Å². The molecule has 0 rings (SSSR count). The predicted octanol–water partition coefficient (Wildman–Crippen LogP) is 22.0. The maximum Gasteiger partial charge on any atom is 0.306 e. The first-order valence-electron chi connectivity index (χ1n) is 35.8. The Bertz CT molecular complexity index is 1500. The average Bonchev–Trinajstić information content (AvgIpc) is 3.47. The first kappa shape index (κ1) is 80.2. The van der Waals surface area contributed by atoms with Gasteiger partial charge in [-0.3, -0.25) is 14.2 Å². The van der Waals surface area contributed by atoms with Crippen LogP contribution in [0.2, 0.25) is 0 Å². The number of unbranched alkanes of at least 4 members (excludes halogenated alkanes) is 46. The average molecular weight is 1180 g/mol. The Morgan fingerprint density at radius 3 is 1.12 bits per heavy atom. The molecule has 0 saturated heterocycles. The number of allylic oxidation sites excluding steroid dienone is 5. The Balaban J connectivity index is 4.97. The molecule has 0 aliphatic carbocycles. The number of phosphoric acid groups is 1. The van der Waals surface area contributed by atoms with Gasteiger partial charge >= 0.3 is 5.97 Å². The van der Waals surface area contributed by atoms with Crippen LogP contribution in [-0.4, -0.2) is 69.4 Å². The number of nitrogens with one attached hydrogen (secondary N) is 1. The highest BCUT2D eigenvalue weighted by atomic mass is 31.2. The Morgan fingerprint density at radius 1 is 0.427 bits per heavy atom. The number of carbonyl (C=O) groups excluding carboxylic acids is 2. The van der Waals surface area contributed by atoms with Crippen molar-refractivity contribution in [3.05, 3.63) is 36.5 Å². The fraction of sp³-hybridized carbons (Fsp3) is 0.889. The number of hydrogen-bond acceptors (Lipinski definition) is 7. The zero-order chi connectivity index (χ0) is 60.0. The van der Waals surface area contributed by atoms with Crippen molar-refractivity contribution in [3.8, 4) is 0 Å². The molecule has 1 N–H and O–H groups in total. The minimum atomic E-state index is -4.70. The SMILES string of the molecule is CCCCC/C=C\C/C=C\CCCCCCCCCCCCCCCCCCCC(=O)NC(COP(=O)([O-])OCC[N+](C)(C)C)C(/C=C\CCCCCCCCCCCC)OC(=O)CCCCCCCCCCCCCCCCCCC. The maximum atomic E-state index is 13.6. The van der Waals surface area contributed by atoms with E-state index in [1.54, 1.807) is 0 Å². The fourth-order valence-electron chi connectivity index (χ4n) is 10.8. The molecule has 9 nitrogen and oxygen atoms in total. The summed E-state index contributed by atoms with van der Waals surface area (Å²) in [5.74, 6) is -0.519. The highest BCUT2D eigenvalue weighted by Crippen LogP contribution is 2.38. The lowest BCUT2D eigenvalue weighted by Gasteiger charge is -2.30. The first-order valence-corrected chi connectivity index (χ1v) is 37.3. The van der Waals surface area contributed by atoms with Gasteiger partial charge in [-0.1, -0.05) is 321 Å². The lowest BCUT2D eigenvalue weighted by molar-refractivity contribution is -0.870. The molecule has 0 aromatic heterocycles. The summed E-state index contributed by atoms with van der Waals surface area (Å²) in [5, 5.41) is 3.05. The molecule has 0 bridgehead atoms. The van der Waals surface area contributed by atoms with Gasteiger partial charge in [0, 0.05) is 12.8 Å². The lowest BCUT2D eigenvalue weighted by Crippen LogP contribution is -2.47. The van der Waals surface area contributed by atoms with E-state index in [-0.39, 0.29) is 31.5 Å². The first-order chi connectivity index (χ1) is 39.9. The second-order valence-corrected chi connectivity index (χ2v) is 27.2. The second-order valence-electron chi connectivity index (χ2n) is 25.7. The monoisotopic (exact) mass is 1180 g/mol. The summed E-state index contributed by atoms with van der Waals surface area (Å²) >= 11 is 0. The van der Waals surface area contributed by atoms with Crippen molar-refractivity contribution < 1.29 is 37.3 Å². The minimum Gasteiger partial charge on any atom is -0.756 e. The van der Waals surface area contributed by atoms with Crippen molar-refractivity contribution in [2.75, 3.05) is 40.9 Å². The number of rotatable bonds is 66. The van der Waals surface area contributed by atoms with E-state index in [0.717, 1.165) is 64.2 Å². The molecule has 0 heterocycles. The van der Waals surface area contributed by atoms with Crippen molar-refractivity contribution in [1.29, 1.82) is 0 Å². The van der Waals surface area contributed by atoms with Crippen molar-refractivity contribution in [2.24, 2.45) is 0 Å². The summed E-state index contributed by atoms with van der Waals surface area (Å²) in [6.45, 7) is 6.88. The second kappa shape index (κ2) is 62.3. The Morgan fingerprint density at radius 2 is 0.744 bits per heavy atom. The fourth-order valence-corrected chi connectivity index (χ4v) is 11.5. The van der Waals surface area contributed by atoms with E-state index in [4.69, 9.17) is 13.8 Å². The maximum absolute atomic E-state index is 13.6. The van der Waals surface area contributed by atoms with E-state index < -0.39 is 20.0 Å². The number of likely N-dealkylation sites (N-methyl/N-ethyl adjacent to an activating group) is 1. The Kier molecular flexibility index (Phi) is 60.9. The van der Waals surface area contributed by atoms with Crippen molar-refractivity contribution in [1.82, 2.24) is 5.32 Å². The van der Waals surface area contributed by atoms with Gasteiger partial charge in [0.25, 0.3) is 7.82 Å². The molecule has 0 saturated carbocycles. The molecule has 1 amide bonds. The molecular formula is C72H139N2O7P. The van der Waals surface area contributed by atoms with Gasteiger partial charge in [0.1, 0.15) is 19.3 Å². The molecule has 0 fully saturated rings. The normalized spacial score (nSPS) is 13.7. The molecule has 82 heavy (non-hydrogen) atoms. The number of carbonyl (C=O) groups is 2. The van der Waals surface area contributed by atoms with Crippen LogP contribution in [0.4, 0.5) is 0 Å². The summed E-state index contributed by atoms with van der Waals surface area (Å²) in [6.07, 6.45) is 77.0. The van der Waals surface area contributed by atoms with Crippen LogP contribution in [0.1, 0.15) is 361 Å². The third-order valence-electron chi connectivity index (χ3n) is 16.3. The van der Waals surface area contributed by atoms with Gasteiger partial charge in [0.15, 0.2) is 0 Å². The molecular weight excluding hydrogens is 1040 g/mol. The minimum absolute atomic E-state index is 0.0186. The summed E-state index contributed by atoms with van der Waals surface area (Å²) in [7, 11) is 1.20. The molecule has 0 spiro atoms. The number of ether oxygens (including phenoxy) is 1. The van der Waals surface area contributed by atoms with E-state index in [1.165, 1.54) is 263 Å². The van der Waals surface area contributed by atoms with Crippen LogP contribution < -0.4 is 10.2 Å². The molecule has 3 unspecified atom stereocenters. The number of hydrogen-bond donors (Lipinski definition) is 1. The van der Waals surface area contributed by atoms with Gasteiger partial charge in [-0.05, 0) is 63.9 Å². The van der Waals surface area contributed by atoms with E-state index in [1.807, 2.05) is 33.3 Å². The highest BCUT2D eigenvalue weighted by Gasteiger charge is 2.27. The van der Waals surface area contributed by atoms with Crippen LogP contribution in [0.3, 0.4) is 0 Å².